The number of aromatic nitrogens is 2. The van der Waals surface area contributed by atoms with Gasteiger partial charge in [0.2, 0.25) is 0 Å². The van der Waals surface area contributed by atoms with Crippen LogP contribution in [-0.4, -0.2) is 21.0 Å². The quantitative estimate of drug-likeness (QED) is 0.934. The molecule has 0 aliphatic carbocycles. The van der Waals surface area contributed by atoms with E-state index in [9.17, 15) is 13.9 Å². The van der Waals surface area contributed by atoms with Gasteiger partial charge in [0, 0.05) is 25.6 Å². The Labute approximate surface area is 116 Å². The standard InChI is InChI=1S/C15H18F2N2O/c1-9-14(10(2)19(3)18-9)8-13(20)7-11-6-12(16)4-5-15(11)17/h4-6,13,20H,7-8H2,1-3H3. The van der Waals surface area contributed by atoms with Crippen LogP contribution in [0, 0.1) is 25.5 Å². The molecule has 0 fully saturated rings. The average molecular weight is 280 g/mol. The van der Waals surface area contributed by atoms with Gasteiger partial charge in [0.1, 0.15) is 11.6 Å². The van der Waals surface area contributed by atoms with Gasteiger partial charge in [0.05, 0.1) is 11.8 Å². The van der Waals surface area contributed by atoms with Gasteiger partial charge in [-0.1, -0.05) is 0 Å². The zero-order valence-electron chi connectivity index (χ0n) is 11.8. The summed E-state index contributed by atoms with van der Waals surface area (Å²) in [6.45, 7) is 3.79. The highest BCUT2D eigenvalue weighted by Gasteiger charge is 2.16. The highest BCUT2D eigenvalue weighted by atomic mass is 19.1. The Morgan fingerprint density at radius 2 is 1.95 bits per heavy atom. The number of nitrogens with zero attached hydrogens (tertiary/aromatic N) is 2. The molecule has 2 aromatic rings. The number of hydrogen-bond donors (Lipinski definition) is 1. The molecule has 20 heavy (non-hydrogen) atoms. The minimum Gasteiger partial charge on any atom is -0.392 e. The van der Waals surface area contributed by atoms with Crippen LogP contribution in [0.5, 0.6) is 0 Å². The van der Waals surface area contributed by atoms with E-state index >= 15 is 0 Å². The van der Waals surface area contributed by atoms with Gasteiger partial charge in [-0.05, 0) is 43.2 Å². The number of halogens is 2. The van der Waals surface area contributed by atoms with Gasteiger partial charge in [-0.2, -0.15) is 5.10 Å². The minimum atomic E-state index is -0.770. The normalized spacial score (nSPS) is 12.7. The molecule has 0 saturated heterocycles. The summed E-state index contributed by atoms with van der Waals surface area (Å²) in [6.07, 6.45) is -0.313. The molecule has 1 N–H and O–H groups in total. The molecular formula is C15H18F2N2O. The first kappa shape index (κ1) is 14.7. The first-order valence-corrected chi connectivity index (χ1v) is 6.49. The van der Waals surface area contributed by atoms with Gasteiger partial charge in [0.25, 0.3) is 0 Å². The van der Waals surface area contributed by atoms with Crippen LogP contribution in [-0.2, 0) is 19.9 Å². The smallest absolute Gasteiger partial charge is 0.126 e. The summed E-state index contributed by atoms with van der Waals surface area (Å²) < 4.78 is 28.4. The third-order valence-electron chi connectivity index (χ3n) is 3.56. The van der Waals surface area contributed by atoms with Crippen LogP contribution in [0.1, 0.15) is 22.5 Å². The van der Waals surface area contributed by atoms with Gasteiger partial charge in [0.15, 0.2) is 0 Å². The van der Waals surface area contributed by atoms with Crippen molar-refractivity contribution in [2.75, 3.05) is 0 Å². The molecule has 0 bridgehead atoms. The summed E-state index contributed by atoms with van der Waals surface area (Å²) in [6, 6.07) is 3.28. The fourth-order valence-electron chi connectivity index (χ4n) is 2.37. The summed E-state index contributed by atoms with van der Waals surface area (Å²) in [7, 11) is 1.84. The number of aryl methyl sites for hydroxylation is 2. The van der Waals surface area contributed by atoms with Crippen LogP contribution in [0.15, 0.2) is 18.2 Å². The van der Waals surface area contributed by atoms with Crippen molar-refractivity contribution in [1.29, 1.82) is 0 Å². The number of aliphatic hydroxyl groups is 1. The lowest BCUT2D eigenvalue weighted by Crippen LogP contribution is -2.16. The summed E-state index contributed by atoms with van der Waals surface area (Å²) in [5, 5.41) is 14.4. The van der Waals surface area contributed by atoms with Crippen LogP contribution in [0.4, 0.5) is 8.78 Å². The Morgan fingerprint density at radius 1 is 1.25 bits per heavy atom. The number of benzene rings is 1. The molecule has 3 nitrogen and oxygen atoms in total. The lowest BCUT2D eigenvalue weighted by atomic mass is 10.00. The molecular weight excluding hydrogens is 262 g/mol. The molecule has 2 rings (SSSR count). The second-order valence-corrected chi connectivity index (χ2v) is 5.07. The van der Waals surface area contributed by atoms with Crippen LogP contribution in [0.2, 0.25) is 0 Å². The van der Waals surface area contributed by atoms with E-state index in [0.29, 0.717) is 6.42 Å². The maximum Gasteiger partial charge on any atom is 0.126 e. The van der Waals surface area contributed by atoms with Crippen molar-refractivity contribution in [3.8, 4) is 0 Å². The van der Waals surface area contributed by atoms with Gasteiger partial charge in [-0.15, -0.1) is 0 Å². The predicted molar refractivity (Wildman–Crippen MR) is 72.5 cm³/mol. The Bertz CT molecular complexity index is 623. The highest BCUT2D eigenvalue weighted by molar-refractivity contribution is 5.26. The van der Waals surface area contributed by atoms with E-state index in [1.807, 2.05) is 20.9 Å². The van der Waals surface area contributed by atoms with Crippen LogP contribution < -0.4 is 0 Å². The molecule has 1 aromatic carbocycles. The zero-order chi connectivity index (χ0) is 14.9. The molecule has 5 heteroatoms. The van der Waals surface area contributed by atoms with Crippen molar-refractivity contribution < 1.29 is 13.9 Å². The maximum absolute atomic E-state index is 13.5. The molecule has 1 heterocycles. The van der Waals surface area contributed by atoms with E-state index in [-0.39, 0.29) is 12.0 Å². The van der Waals surface area contributed by atoms with Crippen molar-refractivity contribution in [1.82, 2.24) is 9.78 Å². The van der Waals surface area contributed by atoms with Gasteiger partial charge >= 0.3 is 0 Å². The Kier molecular flexibility index (Phi) is 4.18. The molecule has 108 valence electrons. The minimum absolute atomic E-state index is 0.0807. The Morgan fingerprint density at radius 3 is 2.55 bits per heavy atom. The van der Waals surface area contributed by atoms with Gasteiger partial charge in [-0.25, -0.2) is 8.78 Å². The van der Waals surface area contributed by atoms with E-state index in [1.54, 1.807) is 4.68 Å². The van der Waals surface area contributed by atoms with Crippen molar-refractivity contribution in [3.05, 3.63) is 52.3 Å². The number of rotatable bonds is 4. The molecule has 0 aliphatic heterocycles. The topological polar surface area (TPSA) is 38.0 Å². The summed E-state index contributed by atoms with van der Waals surface area (Å²) in [5.74, 6) is -0.993. The summed E-state index contributed by atoms with van der Waals surface area (Å²) in [4.78, 5) is 0. The first-order chi connectivity index (χ1) is 9.38. The fraction of sp³-hybridized carbons (Fsp3) is 0.400. The van der Waals surface area contributed by atoms with Crippen molar-refractivity contribution >= 4 is 0 Å². The third kappa shape index (κ3) is 3.04. The van der Waals surface area contributed by atoms with Gasteiger partial charge < -0.3 is 5.11 Å². The largest absolute Gasteiger partial charge is 0.392 e. The fourth-order valence-corrected chi connectivity index (χ4v) is 2.37. The van der Waals surface area contributed by atoms with Crippen molar-refractivity contribution in [3.63, 3.8) is 0 Å². The van der Waals surface area contributed by atoms with Gasteiger partial charge in [-0.3, -0.25) is 4.68 Å². The van der Waals surface area contributed by atoms with Crippen LogP contribution >= 0.6 is 0 Å². The molecule has 0 aliphatic rings. The summed E-state index contributed by atoms with van der Waals surface area (Å²) in [5.41, 5.74) is 2.97. The monoisotopic (exact) mass is 280 g/mol. The van der Waals surface area contributed by atoms with E-state index in [0.717, 1.165) is 35.2 Å². The van der Waals surface area contributed by atoms with E-state index in [4.69, 9.17) is 0 Å². The molecule has 1 aromatic heterocycles. The zero-order valence-corrected chi connectivity index (χ0v) is 11.8. The Hall–Kier alpha value is -1.75. The number of aliphatic hydroxyl groups excluding tert-OH is 1. The maximum atomic E-state index is 13.5. The number of hydrogen-bond acceptors (Lipinski definition) is 2. The molecule has 1 unspecified atom stereocenters. The van der Waals surface area contributed by atoms with E-state index in [1.165, 1.54) is 0 Å². The van der Waals surface area contributed by atoms with Crippen LogP contribution in [0.25, 0.3) is 0 Å². The second kappa shape index (κ2) is 5.71. The molecule has 0 radical (unpaired) electrons. The lowest BCUT2D eigenvalue weighted by Gasteiger charge is -2.12. The lowest BCUT2D eigenvalue weighted by molar-refractivity contribution is 0.173. The third-order valence-corrected chi connectivity index (χ3v) is 3.56. The van der Waals surface area contributed by atoms with Crippen molar-refractivity contribution in [2.45, 2.75) is 32.8 Å². The van der Waals surface area contributed by atoms with Crippen LogP contribution in [0.3, 0.4) is 0 Å². The Balaban J connectivity index is 2.13. The molecule has 1 atom stereocenters. The molecule has 0 spiro atoms. The van der Waals surface area contributed by atoms with E-state index < -0.39 is 17.7 Å². The van der Waals surface area contributed by atoms with E-state index in [2.05, 4.69) is 5.10 Å². The average Bonchev–Trinajstić information content (AvgIpc) is 2.61. The molecule has 0 saturated carbocycles. The SMILES string of the molecule is Cc1nn(C)c(C)c1CC(O)Cc1cc(F)ccc1F. The van der Waals surface area contributed by atoms with Crippen molar-refractivity contribution in [2.24, 2.45) is 7.05 Å². The highest BCUT2D eigenvalue weighted by Crippen LogP contribution is 2.18. The predicted octanol–water partition coefficient (Wildman–Crippen LogP) is 2.46. The molecule has 0 amide bonds. The first-order valence-electron chi connectivity index (χ1n) is 6.49. The summed E-state index contributed by atoms with van der Waals surface area (Å²) >= 11 is 0. The second-order valence-electron chi connectivity index (χ2n) is 5.07.